The van der Waals surface area contributed by atoms with E-state index in [1.54, 1.807) is 20.3 Å². The maximum Gasteiger partial charge on any atom is 0.326 e. The number of nitrogens with zero attached hydrogens (tertiary/aromatic N) is 2. The van der Waals surface area contributed by atoms with Crippen molar-refractivity contribution in [2.24, 2.45) is 5.92 Å². The molecular weight excluding hydrogens is 344 g/mol. The molecule has 0 saturated carbocycles. The van der Waals surface area contributed by atoms with Crippen LogP contribution in [-0.4, -0.2) is 34.8 Å². The summed E-state index contributed by atoms with van der Waals surface area (Å²) in [7, 11) is 3.17. The average molecular weight is 368 g/mol. The molecular formula is C21H24N2O4. The van der Waals surface area contributed by atoms with E-state index in [4.69, 9.17) is 14.5 Å². The molecule has 2 aromatic carbocycles. The fourth-order valence-electron chi connectivity index (χ4n) is 3.30. The maximum atomic E-state index is 12.1. The van der Waals surface area contributed by atoms with Crippen LogP contribution in [0.25, 0.3) is 22.4 Å². The van der Waals surface area contributed by atoms with Crippen molar-refractivity contribution in [1.29, 1.82) is 0 Å². The molecule has 0 fully saturated rings. The predicted octanol–water partition coefficient (Wildman–Crippen LogP) is 4.39. The Morgan fingerprint density at radius 3 is 2.52 bits per heavy atom. The molecule has 1 N–H and O–H groups in total. The monoisotopic (exact) mass is 368 g/mol. The van der Waals surface area contributed by atoms with E-state index in [2.05, 4.69) is 0 Å². The van der Waals surface area contributed by atoms with Gasteiger partial charge in [-0.25, -0.2) is 9.78 Å². The lowest BCUT2D eigenvalue weighted by molar-refractivity contribution is -0.141. The van der Waals surface area contributed by atoms with Gasteiger partial charge in [-0.05, 0) is 36.6 Å². The zero-order valence-corrected chi connectivity index (χ0v) is 16.0. The van der Waals surface area contributed by atoms with Crippen molar-refractivity contribution < 1.29 is 19.4 Å². The molecule has 6 heteroatoms. The number of para-hydroxylation sites is 2. The molecule has 1 aromatic heterocycles. The van der Waals surface area contributed by atoms with Crippen LogP contribution < -0.4 is 9.47 Å². The molecule has 1 heterocycles. The van der Waals surface area contributed by atoms with Gasteiger partial charge in [0.25, 0.3) is 0 Å². The van der Waals surface area contributed by atoms with Crippen molar-refractivity contribution in [2.75, 3.05) is 14.2 Å². The minimum absolute atomic E-state index is 0.220. The lowest BCUT2D eigenvalue weighted by Gasteiger charge is -2.20. The van der Waals surface area contributed by atoms with E-state index in [0.717, 1.165) is 16.6 Å². The van der Waals surface area contributed by atoms with E-state index in [9.17, 15) is 9.90 Å². The number of ether oxygens (including phenoxy) is 2. The Balaban J connectivity index is 2.29. The van der Waals surface area contributed by atoms with Crippen LogP contribution in [0.15, 0.2) is 42.5 Å². The topological polar surface area (TPSA) is 73.6 Å². The summed E-state index contributed by atoms with van der Waals surface area (Å²) in [6.07, 6.45) is 0.501. The molecule has 0 amide bonds. The first-order valence-corrected chi connectivity index (χ1v) is 8.88. The predicted molar refractivity (Wildman–Crippen MR) is 104 cm³/mol. The SMILES string of the molecule is COc1ccc(-c2nc3ccccc3n2C(CC(C)C)C(=O)O)c(OC)c1. The molecule has 0 aliphatic heterocycles. The summed E-state index contributed by atoms with van der Waals surface area (Å²) in [5.74, 6) is 1.16. The molecule has 0 aliphatic rings. The molecule has 1 atom stereocenters. The maximum absolute atomic E-state index is 12.1. The summed E-state index contributed by atoms with van der Waals surface area (Å²) in [5.41, 5.74) is 2.27. The standard InChI is InChI=1S/C21H24N2O4/c1-13(2)11-18(21(24)25)23-17-8-6-5-7-16(17)22-20(23)15-10-9-14(26-3)12-19(15)27-4/h5-10,12-13,18H,11H2,1-4H3,(H,24,25). The van der Waals surface area contributed by atoms with E-state index in [1.165, 1.54) is 0 Å². The third-order valence-corrected chi connectivity index (χ3v) is 4.54. The minimum atomic E-state index is -0.874. The Labute approximate surface area is 158 Å². The van der Waals surface area contributed by atoms with Gasteiger partial charge in [0.15, 0.2) is 0 Å². The Morgan fingerprint density at radius 2 is 1.89 bits per heavy atom. The summed E-state index contributed by atoms with van der Waals surface area (Å²) in [6, 6.07) is 12.3. The lowest BCUT2D eigenvalue weighted by atomic mass is 10.0. The number of aromatic nitrogens is 2. The van der Waals surface area contributed by atoms with Gasteiger partial charge in [-0.15, -0.1) is 0 Å². The van der Waals surface area contributed by atoms with Crippen LogP contribution in [0.5, 0.6) is 11.5 Å². The van der Waals surface area contributed by atoms with E-state index >= 15 is 0 Å². The molecule has 142 valence electrons. The number of benzene rings is 2. The van der Waals surface area contributed by atoms with Gasteiger partial charge < -0.3 is 19.1 Å². The Kier molecular flexibility index (Phi) is 5.35. The molecule has 0 bridgehead atoms. The van der Waals surface area contributed by atoms with E-state index in [1.807, 2.05) is 54.8 Å². The molecule has 1 unspecified atom stereocenters. The summed E-state index contributed by atoms with van der Waals surface area (Å²) < 4.78 is 12.6. The molecule has 0 saturated heterocycles. The van der Waals surface area contributed by atoms with E-state index < -0.39 is 12.0 Å². The summed E-state index contributed by atoms with van der Waals surface area (Å²) in [5, 5.41) is 9.93. The minimum Gasteiger partial charge on any atom is -0.497 e. The van der Waals surface area contributed by atoms with Gasteiger partial charge >= 0.3 is 5.97 Å². The van der Waals surface area contributed by atoms with Crippen LogP contribution in [0.4, 0.5) is 0 Å². The van der Waals surface area contributed by atoms with Crippen molar-refractivity contribution in [1.82, 2.24) is 9.55 Å². The Morgan fingerprint density at radius 1 is 1.15 bits per heavy atom. The highest BCUT2D eigenvalue weighted by molar-refractivity contribution is 5.85. The number of hydrogen-bond donors (Lipinski definition) is 1. The normalized spacial score (nSPS) is 12.3. The molecule has 6 nitrogen and oxygen atoms in total. The first-order valence-electron chi connectivity index (χ1n) is 8.88. The van der Waals surface area contributed by atoms with Crippen LogP contribution >= 0.6 is 0 Å². The summed E-state index contributed by atoms with van der Waals surface area (Å²) in [4.78, 5) is 16.9. The Hall–Kier alpha value is -3.02. The fraction of sp³-hybridized carbons (Fsp3) is 0.333. The number of carboxylic acid groups (broad SMARTS) is 1. The third-order valence-electron chi connectivity index (χ3n) is 4.54. The largest absolute Gasteiger partial charge is 0.497 e. The van der Waals surface area contributed by atoms with Crippen LogP contribution in [0.1, 0.15) is 26.3 Å². The van der Waals surface area contributed by atoms with Crippen LogP contribution in [-0.2, 0) is 4.79 Å². The highest BCUT2D eigenvalue weighted by atomic mass is 16.5. The van der Waals surface area contributed by atoms with Crippen LogP contribution in [0.3, 0.4) is 0 Å². The van der Waals surface area contributed by atoms with Gasteiger partial charge in [0.1, 0.15) is 23.4 Å². The molecule has 0 aliphatic carbocycles. The first kappa shape index (κ1) is 18.8. The highest BCUT2D eigenvalue weighted by Gasteiger charge is 2.27. The number of methoxy groups -OCH3 is 2. The average Bonchev–Trinajstić information content (AvgIpc) is 3.04. The second-order valence-corrected chi connectivity index (χ2v) is 6.84. The van der Waals surface area contributed by atoms with Crippen LogP contribution in [0.2, 0.25) is 0 Å². The van der Waals surface area contributed by atoms with Crippen molar-refractivity contribution in [3.05, 3.63) is 42.5 Å². The summed E-state index contributed by atoms with van der Waals surface area (Å²) >= 11 is 0. The number of imidazole rings is 1. The second kappa shape index (κ2) is 7.70. The van der Waals surface area contributed by atoms with Gasteiger partial charge in [-0.3, -0.25) is 0 Å². The number of carbonyl (C=O) groups is 1. The van der Waals surface area contributed by atoms with Crippen molar-refractivity contribution in [3.63, 3.8) is 0 Å². The van der Waals surface area contributed by atoms with E-state index in [0.29, 0.717) is 23.7 Å². The lowest BCUT2D eigenvalue weighted by Crippen LogP contribution is -2.21. The van der Waals surface area contributed by atoms with Crippen molar-refractivity contribution in [2.45, 2.75) is 26.3 Å². The number of rotatable bonds is 7. The number of fused-ring (bicyclic) bond motifs is 1. The number of aliphatic carboxylic acids is 1. The number of carboxylic acids is 1. The zero-order valence-electron chi connectivity index (χ0n) is 16.0. The smallest absolute Gasteiger partial charge is 0.326 e. The van der Waals surface area contributed by atoms with Gasteiger partial charge in [-0.2, -0.15) is 0 Å². The quantitative estimate of drug-likeness (QED) is 0.669. The molecule has 27 heavy (non-hydrogen) atoms. The van der Waals surface area contributed by atoms with Gasteiger partial charge in [-0.1, -0.05) is 26.0 Å². The van der Waals surface area contributed by atoms with Crippen molar-refractivity contribution in [3.8, 4) is 22.9 Å². The van der Waals surface area contributed by atoms with E-state index in [-0.39, 0.29) is 5.92 Å². The first-order chi connectivity index (χ1) is 13.0. The third kappa shape index (κ3) is 3.60. The zero-order chi connectivity index (χ0) is 19.6. The van der Waals surface area contributed by atoms with Crippen LogP contribution in [0, 0.1) is 5.92 Å². The molecule has 0 spiro atoms. The fourth-order valence-corrected chi connectivity index (χ4v) is 3.30. The van der Waals surface area contributed by atoms with Gasteiger partial charge in [0.05, 0.1) is 30.8 Å². The second-order valence-electron chi connectivity index (χ2n) is 6.84. The summed E-state index contributed by atoms with van der Waals surface area (Å²) in [6.45, 7) is 4.03. The van der Waals surface area contributed by atoms with Gasteiger partial charge in [0.2, 0.25) is 0 Å². The molecule has 3 aromatic rings. The highest BCUT2D eigenvalue weighted by Crippen LogP contribution is 2.37. The van der Waals surface area contributed by atoms with Crippen molar-refractivity contribution >= 4 is 17.0 Å². The molecule has 0 radical (unpaired) electrons. The number of hydrogen-bond acceptors (Lipinski definition) is 4. The Bertz CT molecular complexity index is 962. The molecule has 3 rings (SSSR count). The van der Waals surface area contributed by atoms with Gasteiger partial charge in [0, 0.05) is 6.07 Å².